The van der Waals surface area contributed by atoms with E-state index in [1.807, 2.05) is 40.7 Å². The van der Waals surface area contributed by atoms with Crippen molar-refractivity contribution >= 4 is 30.5 Å². The molecule has 1 heterocycles. The first-order chi connectivity index (χ1) is 10.1. The SMILES string of the molecule is Cc1c(N)ccc(C=C(CO)B2OC(C)(C)C(C)(C)O2)c1Cl. The quantitative estimate of drug-likeness (QED) is 0.662. The summed E-state index contributed by atoms with van der Waals surface area (Å²) in [6, 6.07) is 3.62. The van der Waals surface area contributed by atoms with Crippen molar-refractivity contribution < 1.29 is 14.4 Å². The van der Waals surface area contributed by atoms with E-state index in [-0.39, 0.29) is 6.61 Å². The van der Waals surface area contributed by atoms with Crippen LogP contribution in [0.5, 0.6) is 0 Å². The molecule has 0 aliphatic carbocycles. The van der Waals surface area contributed by atoms with Crippen LogP contribution >= 0.6 is 11.6 Å². The fraction of sp³-hybridized carbons (Fsp3) is 0.500. The summed E-state index contributed by atoms with van der Waals surface area (Å²) in [7, 11) is -0.594. The lowest BCUT2D eigenvalue weighted by atomic mass is 9.77. The Hall–Kier alpha value is -1.01. The highest BCUT2D eigenvalue weighted by molar-refractivity contribution is 6.56. The molecule has 0 unspecified atom stereocenters. The third-order valence-corrected chi connectivity index (χ3v) is 5.04. The lowest BCUT2D eigenvalue weighted by molar-refractivity contribution is 0.00578. The van der Waals surface area contributed by atoms with Crippen LogP contribution in [0.25, 0.3) is 6.08 Å². The van der Waals surface area contributed by atoms with Gasteiger partial charge in [-0.05, 0) is 57.3 Å². The van der Waals surface area contributed by atoms with Crippen LogP contribution < -0.4 is 5.73 Å². The van der Waals surface area contributed by atoms with E-state index < -0.39 is 18.3 Å². The standard InChI is InChI=1S/C16H23BClNO3/c1-10-13(19)7-6-11(14(10)18)8-12(9-20)17-21-15(2,3)16(4,5)22-17/h6-8,20H,9,19H2,1-5H3. The van der Waals surface area contributed by atoms with Crippen molar-refractivity contribution in [3.63, 3.8) is 0 Å². The number of aliphatic hydroxyl groups excluding tert-OH is 1. The van der Waals surface area contributed by atoms with Crippen LogP contribution in [0.4, 0.5) is 5.69 Å². The molecule has 0 spiro atoms. The topological polar surface area (TPSA) is 64.7 Å². The van der Waals surface area contributed by atoms with Crippen LogP contribution in [-0.2, 0) is 9.31 Å². The van der Waals surface area contributed by atoms with Crippen molar-refractivity contribution in [1.82, 2.24) is 0 Å². The first kappa shape index (κ1) is 17.4. The van der Waals surface area contributed by atoms with E-state index in [0.29, 0.717) is 16.2 Å². The maximum absolute atomic E-state index is 9.71. The van der Waals surface area contributed by atoms with Gasteiger partial charge in [-0.2, -0.15) is 0 Å². The van der Waals surface area contributed by atoms with Crippen molar-refractivity contribution in [1.29, 1.82) is 0 Å². The van der Waals surface area contributed by atoms with Gasteiger partial charge in [-0.15, -0.1) is 0 Å². The molecule has 0 amide bonds. The number of halogens is 1. The molecule has 6 heteroatoms. The van der Waals surface area contributed by atoms with Crippen LogP contribution in [0.3, 0.4) is 0 Å². The predicted octanol–water partition coefficient (Wildman–Crippen LogP) is 3.24. The largest absolute Gasteiger partial charge is 0.492 e. The summed E-state index contributed by atoms with van der Waals surface area (Å²) < 4.78 is 11.9. The molecule has 0 radical (unpaired) electrons. The lowest BCUT2D eigenvalue weighted by Crippen LogP contribution is -2.41. The molecule has 4 nitrogen and oxygen atoms in total. The minimum Gasteiger partial charge on any atom is -0.400 e. The zero-order valence-electron chi connectivity index (χ0n) is 13.7. The minimum absolute atomic E-state index is 0.170. The average molecular weight is 324 g/mol. The maximum Gasteiger partial charge on any atom is 0.492 e. The third-order valence-electron chi connectivity index (χ3n) is 4.54. The second-order valence-corrected chi connectivity index (χ2v) is 7.03. The molecule has 1 saturated heterocycles. The van der Waals surface area contributed by atoms with Gasteiger partial charge in [-0.1, -0.05) is 23.7 Å². The molecule has 0 atom stereocenters. The molecule has 1 aromatic carbocycles. The molecule has 1 aliphatic rings. The molecular weight excluding hydrogens is 300 g/mol. The molecular formula is C16H23BClNO3. The molecule has 3 N–H and O–H groups in total. The predicted molar refractivity (Wildman–Crippen MR) is 91.7 cm³/mol. The van der Waals surface area contributed by atoms with Crippen LogP contribution in [0.2, 0.25) is 5.02 Å². The third kappa shape index (κ3) is 3.04. The fourth-order valence-electron chi connectivity index (χ4n) is 2.21. The van der Waals surface area contributed by atoms with Crippen molar-refractivity contribution in [3.05, 3.63) is 33.8 Å². The number of rotatable bonds is 3. The Morgan fingerprint density at radius 2 is 1.82 bits per heavy atom. The summed E-state index contributed by atoms with van der Waals surface area (Å²) in [5.41, 5.74) is 7.82. The molecule has 22 heavy (non-hydrogen) atoms. The smallest absolute Gasteiger partial charge is 0.400 e. The number of hydrogen-bond donors (Lipinski definition) is 2. The molecule has 0 aromatic heterocycles. The van der Waals surface area contributed by atoms with Gasteiger partial charge in [0.1, 0.15) is 0 Å². The van der Waals surface area contributed by atoms with Crippen LogP contribution in [0, 0.1) is 6.92 Å². The summed E-state index contributed by atoms with van der Waals surface area (Å²) in [6.07, 6.45) is 1.80. The Kier molecular flexibility index (Phi) is 4.65. The van der Waals surface area contributed by atoms with E-state index in [9.17, 15) is 5.11 Å². The second-order valence-electron chi connectivity index (χ2n) is 6.65. The fourth-order valence-corrected chi connectivity index (χ4v) is 2.44. The zero-order valence-corrected chi connectivity index (χ0v) is 14.5. The Morgan fingerprint density at radius 1 is 1.27 bits per heavy atom. The Balaban J connectivity index is 2.36. The lowest BCUT2D eigenvalue weighted by Gasteiger charge is -2.32. The Bertz CT molecular complexity index is 598. The summed E-state index contributed by atoms with van der Waals surface area (Å²) in [6.45, 7) is 9.59. The monoisotopic (exact) mass is 323 g/mol. The van der Waals surface area contributed by atoms with Gasteiger partial charge >= 0.3 is 7.12 Å². The summed E-state index contributed by atoms with van der Waals surface area (Å²) in [5, 5.41) is 10.3. The molecule has 0 bridgehead atoms. The summed E-state index contributed by atoms with van der Waals surface area (Å²) >= 11 is 6.33. The Labute approximate surface area is 137 Å². The van der Waals surface area contributed by atoms with Crippen LogP contribution in [0.1, 0.15) is 38.8 Å². The van der Waals surface area contributed by atoms with Gasteiger partial charge in [0.15, 0.2) is 0 Å². The molecule has 1 fully saturated rings. The first-order valence-corrected chi connectivity index (χ1v) is 7.68. The highest BCUT2D eigenvalue weighted by atomic mass is 35.5. The summed E-state index contributed by atoms with van der Waals surface area (Å²) in [5.74, 6) is 0. The van der Waals surface area contributed by atoms with Crippen LogP contribution in [-0.4, -0.2) is 30.0 Å². The molecule has 1 aliphatic heterocycles. The van der Waals surface area contributed by atoms with Gasteiger partial charge in [0.25, 0.3) is 0 Å². The number of nitrogen functional groups attached to an aromatic ring is 1. The van der Waals surface area contributed by atoms with Crippen molar-refractivity contribution in [2.24, 2.45) is 0 Å². The first-order valence-electron chi connectivity index (χ1n) is 7.30. The highest BCUT2D eigenvalue weighted by Crippen LogP contribution is 2.39. The van der Waals surface area contributed by atoms with E-state index in [4.69, 9.17) is 26.6 Å². The number of aliphatic hydroxyl groups is 1. The molecule has 2 rings (SSSR count). The van der Waals surface area contributed by atoms with Gasteiger partial charge in [0.05, 0.1) is 22.8 Å². The molecule has 1 aromatic rings. The van der Waals surface area contributed by atoms with E-state index >= 15 is 0 Å². The highest BCUT2D eigenvalue weighted by Gasteiger charge is 2.52. The second kappa shape index (κ2) is 5.89. The van der Waals surface area contributed by atoms with Crippen molar-refractivity contribution in [3.8, 4) is 0 Å². The number of benzene rings is 1. The van der Waals surface area contributed by atoms with Crippen molar-refractivity contribution in [2.45, 2.75) is 45.8 Å². The molecule has 120 valence electrons. The zero-order chi connectivity index (χ0) is 16.7. The average Bonchev–Trinajstić information content (AvgIpc) is 2.64. The maximum atomic E-state index is 9.71. The number of anilines is 1. The van der Waals surface area contributed by atoms with Gasteiger partial charge in [0, 0.05) is 5.69 Å². The van der Waals surface area contributed by atoms with Gasteiger partial charge in [0.2, 0.25) is 0 Å². The normalized spacial score (nSPS) is 20.5. The molecule has 0 saturated carbocycles. The van der Waals surface area contributed by atoms with Gasteiger partial charge in [-0.25, -0.2) is 0 Å². The van der Waals surface area contributed by atoms with Gasteiger partial charge < -0.3 is 20.1 Å². The van der Waals surface area contributed by atoms with E-state index in [1.165, 1.54) is 0 Å². The van der Waals surface area contributed by atoms with E-state index in [2.05, 4.69) is 0 Å². The number of nitrogens with two attached hydrogens (primary N) is 1. The summed E-state index contributed by atoms with van der Waals surface area (Å²) in [4.78, 5) is 0. The van der Waals surface area contributed by atoms with Gasteiger partial charge in [-0.3, -0.25) is 0 Å². The van der Waals surface area contributed by atoms with E-state index in [0.717, 1.165) is 11.1 Å². The van der Waals surface area contributed by atoms with Crippen molar-refractivity contribution in [2.75, 3.05) is 12.3 Å². The number of hydrogen-bond acceptors (Lipinski definition) is 4. The van der Waals surface area contributed by atoms with Crippen LogP contribution in [0.15, 0.2) is 17.6 Å². The minimum atomic E-state index is -0.594. The Morgan fingerprint density at radius 3 is 2.32 bits per heavy atom. The van der Waals surface area contributed by atoms with E-state index in [1.54, 1.807) is 12.1 Å².